The minimum absolute atomic E-state index is 0.0316. The monoisotopic (exact) mass is 308 g/mol. The van der Waals surface area contributed by atoms with Crippen LogP contribution >= 0.6 is 0 Å². The molecule has 2 rings (SSSR count). The standard InChI is InChI=1S/C14H17FN4O3/c1-10-13(19(20)21)14(18(3)16-10)17(2)8-9-22-12-7-5-4-6-11(12)15/h4-7H,8-9H2,1-3H3. The molecule has 22 heavy (non-hydrogen) atoms. The van der Waals surface area contributed by atoms with Crippen molar-refractivity contribution in [3.8, 4) is 5.75 Å². The van der Waals surface area contributed by atoms with Gasteiger partial charge in [0.1, 0.15) is 12.3 Å². The second-order valence-electron chi connectivity index (χ2n) is 4.84. The maximum Gasteiger partial charge on any atom is 0.333 e. The lowest BCUT2D eigenvalue weighted by atomic mass is 10.3. The van der Waals surface area contributed by atoms with Gasteiger partial charge in [-0.3, -0.25) is 10.1 Å². The Morgan fingerprint density at radius 2 is 2.14 bits per heavy atom. The Balaban J connectivity index is 2.06. The summed E-state index contributed by atoms with van der Waals surface area (Å²) in [5.74, 6) is 0.110. The number of anilines is 1. The summed E-state index contributed by atoms with van der Waals surface area (Å²) < 4.78 is 20.2. The van der Waals surface area contributed by atoms with Crippen molar-refractivity contribution < 1.29 is 14.1 Å². The zero-order valence-electron chi connectivity index (χ0n) is 12.6. The van der Waals surface area contributed by atoms with Crippen LogP contribution in [0.3, 0.4) is 0 Å². The third-order valence-corrected chi connectivity index (χ3v) is 3.23. The van der Waals surface area contributed by atoms with Crippen LogP contribution in [0.25, 0.3) is 0 Å². The largest absolute Gasteiger partial charge is 0.489 e. The highest BCUT2D eigenvalue weighted by molar-refractivity contribution is 5.60. The highest BCUT2D eigenvalue weighted by atomic mass is 19.1. The van der Waals surface area contributed by atoms with E-state index < -0.39 is 10.7 Å². The van der Waals surface area contributed by atoms with Crippen LogP contribution in [-0.2, 0) is 7.05 Å². The summed E-state index contributed by atoms with van der Waals surface area (Å²) in [4.78, 5) is 12.4. The zero-order valence-corrected chi connectivity index (χ0v) is 12.6. The Hall–Kier alpha value is -2.64. The molecule has 0 aliphatic rings. The molecule has 0 spiro atoms. The molecule has 2 aromatic rings. The molecule has 7 nitrogen and oxygen atoms in total. The van der Waals surface area contributed by atoms with Gasteiger partial charge in [0, 0.05) is 14.1 Å². The van der Waals surface area contributed by atoms with Gasteiger partial charge in [-0.15, -0.1) is 0 Å². The summed E-state index contributed by atoms with van der Waals surface area (Å²) in [6.07, 6.45) is 0. The highest BCUT2D eigenvalue weighted by Gasteiger charge is 2.26. The van der Waals surface area contributed by atoms with Crippen LogP contribution in [0.4, 0.5) is 15.9 Å². The van der Waals surface area contributed by atoms with Crippen molar-refractivity contribution >= 4 is 11.5 Å². The Morgan fingerprint density at radius 3 is 2.77 bits per heavy atom. The normalized spacial score (nSPS) is 10.5. The number of para-hydroxylation sites is 1. The second-order valence-corrected chi connectivity index (χ2v) is 4.84. The number of aryl methyl sites for hydroxylation is 2. The molecule has 8 heteroatoms. The third kappa shape index (κ3) is 3.16. The van der Waals surface area contributed by atoms with E-state index >= 15 is 0 Å². The number of hydrogen-bond acceptors (Lipinski definition) is 5. The molecule has 0 aliphatic carbocycles. The Morgan fingerprint density at radius 1 is 1.45 bits per heavy atom. The molecule has 1 aromatic carbocycles. The fourth-order valence-electron chi connectivity index (χ4n) is 2.24. The number of ether oxygens (including phenoxy) is 1. The molecule has 1 heterocycles. The smallest absolute Gasteiger partial charge is 0.333 e. The van der Waals surface area contributed by atoms with E-state index in [9.17, 15) is 14.5 Å². The SMILES string of the molecule is Cc1nn(C)c(N(C)CCOc2ccccc2F)c1[N+](=O)[O-]. The Bertz CT molecular complexity index is 687. The summed E-state index contributed by atoms with van der Waals surface area (Å²) in [7, 11) is 3.34. The van der Waals surface area contributed by atoms with Gasteiger partial charge in [0.25, 0.3) is 0 Å². The Kier molecular flexibility index (Phi) is 4.59. The maximum atomic E-state index is 13.4. The highest BCUT2D eigenvalue weighted by Crippen LogP contribution is 2.29. The van der Waals surface area contributed by atoms with Crippen molar-refractivity contribution in [3.05, 3.63) is 45.9 Å². The van der Waals surface area contributed by atoms with Gasteiger partial charge < -0.3 is 9.64 Å². The molecule has 0 N–H and O–H groups in total. The average Bonchev–Trinajstić information content (AvgIpc) is 2.75. The lowest BCUT2D eigenvalue weighted by Gasteiger charge is -2.18. The minimum Gasteiger partial charge on any atom is -0.489 e. The van der Waals surface area contributed by atoms with Crippen LogP contribution in [0.15, 0.2) is 24.3 Å². The van der Waals surface area contributed by atoms with Gasteiger partial charge in [0.15, 0.2) is 11.6 Å². The van der Waals surface area contributed by atoms with E-state index in [2.05, 4.69) is 5.10 Å². The molecule has 0 bridgehead atoms. The summed E-state index contributed by atoms with van der Waals surface area (Å²) >= 11 is 0. The van der Waals surface area contributed by atoms with Gasteiger partial charge in [-0.25, -0.2) is 9.07 Å². The number of nitrogens with zero attached hydrogens (tertiary/aromatic N) is 4. The van der Waals surface area contributed by atoms with Gasteiger partial charge in [0.2, 0.25) is 5.82 Å². The van der Waals surface area contributed by atoms with E-state index in [1.165, 1.54) is 16.8 Å². The van der Waals surface area contributed by atoms with Gasteiger partial charge in [-0.05, 0) is 19.1 Å². The number of aromatic nitrogens is 2. The van der Waals surface area contributed by atoms with E-state index in [0.29, 0.717) is 18.1 Å². The lowest BCUT2D eigenvalue weighted by molar-refractivity contribution is -0.384. The van der Waals surface area contributed by atoms with E-state index in [0.717, 1.165) is 0 Å². The zero-order chi connectivity index (χ0) is 16.3. The van der Waals surface area contributed by atoms with Crippen molar-refractivity contribution in [1.29, 1.82) is 0 Å². The molecule has 0 unspecified atom stereocenters. The van der Waals surface area contributed by atoms with Gasteiger partial charge >= 0.3 is 5.69 Å². The molecule has 118 valence electrons. The van der Waals surface area contributed by atoms with Crippen LogP contribution in [0, 0.1) is 22.9 Å². The predicted octanol–water partition coefficient (Wildman–Crippen LogP) is 2.29. The number of hydrogen-bond donors (Lipinski definition) is 0. The first-order valence-corrected chi connectivity index (χ1v) is 6.68. The summed E-state index contributed by atoms with van der Waals surface area (Å²) in [5, 5.41) is 15.2. The molecule has 0 saturated carbocycles. The Labute approximate surface area is 127 Å². The van der Waals surface area contributed by atoms with Crippen LogP contribution in [0.1, 0.15) is 5.69 Å². The van der Waals surface area contributed by atoms with Crippen molar-refractivity contribution in [3.63, 3.8) is 0 Å². The van der Waals surface area contributed by atoms with Crippen LogP contribution < -0.4 is 9.64 Å². The van der Waals surface area contributed by atoms with Gasteiger partial charge in [-0.2, -0.15) is 5.10 Å². The summed E-state index contributed by atoms with van der Waals surface area (Å²) in [5.41, 5.74) is 0.320. The molecular formula is C14H17FN4O3. The predicted molar refractivity (Wildman–Crippen MR) is 79.8 cm³/mol. The first-order valence-electron chi connectivity index (χ1n) is 6.68. The summed E-state index contributed by atoms with van der Waals surface area (Å²) in [6, 6.07) is 6.11. The average molecular weight is 308 g/mol. The molecule has 0 radical (unpaired) electrons. The molecule has 0 saturated heterocycles. The van der Waals surface area contributed by atoms with E-state index in [-0.39, 0.29) is 18.0 Å². The first-order chi connectivity index (χ1) is 10.4. The number of halogens is 1. The lowest BCUT2D eigenvalue weighted by Crippen LogP contribution is -2.26. The molecule has 0 atom stereocenters. The van der Waals surface area contributed by atoms with Crippen molar-refractivity contribution in [2.24, 2.45) is 7.05 Å². The van der Waals surface area contributed by atoms with Gasteiger partial charge in [0.05, 0.1) is 11.5 Å². The second kappa shape index (κ2) is 6.42. The van der Waals surface area contributed by atoms with Crippen LogP contribution in [0.2, 0.25) is 0 Å². The minimum atomic E-state index is -0.452. The van der Waals surface area contributed by atoms with Crippen molar-refractivity contribution in [2.45, 2.75) is 6.92 Å². The number of benzene rings is 1. The fraction of sp³-hybridized carbons (Fsp3) is 0.357. The van der Waals surface area contributed by atoms with Crippen LogP contribution in [-0.4, -0.2) is 34.9 Å². The number of rotatable bonds is 6. The number of nitro groups is 1. The van der Waals surface area contributed by atoms with E-state index in [1.54, 1.807) is 38.1 Å². The maximum absolute atomic E-state index is 13.4. The van der Waals surface area contributed by atoms with E-state index in [1.807, 2.05) is 0 Å². The summed E-state index contributed by atoms with van der Waals surface area (Å²) in [6.45, 7) is 2.14. The first kappa shape index (κ1) is 15.7. The van der Waals surface area contributed by atoms with Crippen molar-refractivity contribution in [2.75, 3.05) is 25.1 Å². The topological polar surface area (TPSA) is 73.4 Å². The van der Waals surface area contributed by atoms with E-state index in [4.69, 9.17) is 4.74 Å². The van der Waals surface area contributed by atoms with Crippen LogP contribution in [0.5, 0.6) is 5.75 Å². The molecule has 0 amide bonds. The molecule has 1 aromatic heterocycles. The molecule has 0 aliphatic heterocycles. The fourth-order valence-corrected chi connectivity index (χ4v) is 2.24. The number of likely N-dealkylation sites (N-methyl/N-ethyl adjacent to an activating group) is 1. The quantitative estimate of drug-likeness (QED) is 0.604. The van der Waals surface area contributed by atoms with Gasteiger partial charge in [-0.1, -0.05) is 12.1 Å². The molecule has 0 fully saturated rings. The van der Waals surface area contributed by atoms with Crippen molar-refractivity contribution in [1.82, 2.24) is 9.78 Å². The third-order valence-electron chi connectivity index (χ3n) is 3.23. The molecular weight excluding hydrogens is 291 g/mol.